The summed E-state index contributed by atoms with van der Waals surface area (Å²) in [6, 6.07) is 3.71. The lowest BCUT2D eigenvalue weighted by Crippen LogP contribution is -2.28. The number of nitro groups is 1. The smallest absolute Gasteiger partial charge is 0.416 e. The van der Waals surface area contributed by atoms with Gasteiger partial charge in [0.25, 0.3) is 5.91 Å². The minimum atomic E-state index is -4.50. The summed E-state index contributed by atoms with van der Waals surface area (Å²) in [6.45, 7) is 0.574. The molecular formula is C18H19F3N2O6. The zero-order chi connectivity index (χ0) is 21.8. The summed E-state index contributed by atoms with van der Waals surface area (Å²) in [6.07, 6.45) is -4.72. The average molecular weight is 416 g/mol. The first-order valence-corrected chi connectivity index (χ1v) is 8.74. The first-order valence-electron chi connectivity index (χ1n) is 8.74. The van der Waals surface area contributed by atoms with Gasteiger partial charge in [-0.25, -0.2) is 0 Å². The highest BCUT2D eigenvalue weighted by Gasteiger charge is 2.44. The number of esters is 1. The van der Waals surface area contributed by atoms with Gasteiger partial charge in [0.1, 0.15) is 5.78 Å². The van der Waals surface area contributed by atoms with Crippen molar-refractivity contribution in [3.05, 3.63) is 39.9 Å². The predicted octanol–water partition coefficient (Wildman–Crippen LogP) is 2.70. The molecule has 1 aromatic carbocycles. The Morgan fingerprint density at radius 1 is 1.28 bits per heavy atom. The van der Waals surface area contributed by atoms with Crippen molar-refractivity contribution >= 4 is 23.3 Å². The van der Waals surface area contributed by atoms with E-state index in [4.69, 9.17) is 4.74 Å². The third-order valence-electron chi connectivity index (χ3n) is 4.79. The molecular weight excluding hydrogens is 397 g/mol. The number of amides is 1. The molecule has 29 heavy (non-hydrogen) atoms. The van der Waals surface area contributed by atoms with Crippen LogP contribution in [0, 0.1) is 27.9 Å². The standard InChI is InChI=1S/C18H19F3N2O6/c1-10-6-15(24)13(14(10)8-23(27)28)7-17(26)29-9-16(25)22-12-4-2-11(3-5-12)18(19,20)21/h2-5,10,13-14H,6-9H2,1H3,(H,22,25)/t10-,13+,14-/m1/s1. The highest BCUT2D eigenvalue weighted by Crippen LogP contribution is 2.36. The van der Waals surface area contributed by atoms with E-state index in [1.54, 1.807) is 6.92 Å². The summed E-state index contributed by atoms with van der Waals surface area (Å²) in [5, 5.41) is 13.0. The maximum absolute atomic E-state index is 12.5. The van der Waals surface area contributed by atoms with Gasteiger partial charge in [-0.15, -0.1) is 0 Å². The van der Waals surface area contributed by atoms with Crippen LogP contribution in [0.2, 0.25) is 0 Å². The number of nitrogens with zero attached hydrogens (tertiary/aromatic N) is 1. The molecule has 1 aliphatic carbocycles. The first-order chi connectivity index (χ1) is 13.5. The number of carbonyl (C=O) groups excluding carboxylic acids is 3. The summed E-state index contributed by atoms with van der Waals surface area (Å²) in [5.74, 6) is -3.52. The maximum atomic E-state index is 12.5. The Kier molecular flexibility index (Phi) is 6.93. The molecule has 0 heterocycles. The van der Waals surface area contributed by atoms with Crippen LogP contribution in [0.4, 0.5) is 18.9 Å². The van der Waals surface area contributed by atoms with E-state index < -0.39 is 53.5 Å². The second kappa shape index (κ2) is 9.01. The van der Waals surface area contributed by atoms with Crippen molar-refractivity contribution in [1.82, 2.24) is 0 Å². The third kappa shape index (κ3) is 6.26. The fourth-order valence-electron chi connectivity index (χ4n) is 3.32. The fraction of sp³-hybridized carbons (Fsp3) is 0.500. The lowest BCUT2D eigenvalue weighted by Gasteiger charge is -2.17. The van der Waals surface area contributed by atoms with Crippen LogP contribution in [-0.2, 0) is 25.3 Å². The van der Waals surface area contributed by atoms with E-state index in [9.17, 15) is 37.7 Å². The first kappa shape index (κ1) is 22.3. The van der Waals surface area contributed by atoms with E-state index in [0.29, 0.717) is 0 Å². The monoisotopic (exact) mass is 416 g/mol. The largest absolute Gasteiger partial charge is 0.456 e. The van der Waals surface area contributed by atoms with E-state index >= 15 is 0 Å². The summed E-state index contributed by atoms with van der Waals surface area (Å²) >= 11 is 0. The van der Waals surface area contributed by atoms with Crippen molar-refractivity contribution < 1.29 is 37.2 Å². The van der Waals surface area contributed by atoms with E-state index in [2.05, 4.69) is 5.32 Å². The number of anilines is 1. The molecule has 1 N–H and O–H groups in total. The van der Waals surface area contributed by atoms with Gasteiger partial charge in [-0.3, -0.25) is 24.5 Å². The summed E-state index contributed by atoms with van der Waals surface area (Å²) < 4.78 is 42.3. The van der Waals surface area contributed by atoms with Crippen LogP contribution < -0.4 is 5.32 Å². The zero-order valence-electron chi connectivity index (χ0n) is 15.4. The number of benzene rings is 1. The quantitative estimate of drug-likeness (QED) is 0.415. The van der Waals surface area contributed by atoms with E-state index in [1.807, 2.05) is 0 Å². The highest BCUT2D eigenvalue weighted by molar-refractivity contribution is 5.93. The molecule has 2 rings (SSSR count). The van der Waals surface area contributed by atoms with Crippen LogP contribution in [-0.4, -0.2) is 35.7 Å². The zero-order valence-corrected chi connectivity index (χ0v) is 15.4. The van der Waals surface area contributed by atoms with E-state index in [0.717, 1.165) is 24.3 Å². The normalized spacial score (nSPS) is 21.7. The van der Waals surface area contributed by atoms with Crippen LogP contribution in [0.15, 0.2) is 24.3 Å². The van der Waals surface area contributed by atoms with Gasteiger partial charge in [0.2, 0.25) is 6.54 Å². The highest BCUT2D eigenvalue weighted by atomic mass is 19.4. The lowest BCUT2D eigenvalue weighted by molar-refractivity contribution is -0.490. The van der Waals surface area contributed by atoms with Crippen molar-refractivity contribution in [2.45, 2.75) is 25.9 Å². The van der Waals surface area contributed by atoms with E-state index in [1.165, 1.54) is 0 Å². The van der Waals surface area contributed by atoms with Gasteiger partial charge < -0.3 is 10.1 Å². The Morgan fingerprint density at radius 3 is 2.45 bits per heavy atom. The van der Waals surface area contributed by atoms with Gasteiger partial charge in [0.05, 0.1) is 12.0 Å². The van der Waals surface area contributed by atoms with Crippen LogP contribution in [0.3, 0.4) is 0 Å². The summed E-state index contributed by atoms with van der Waals surface area (Å²) in [4.78, 5) is 46.0. The second-order valence-electron chi connectivity index (χ2n) is 6.92. The molecule has 0 radical (unpaired) electrons. The number of nitrogens with one attached hydrogen (secondary N) is 1. The molecule has 11 heteroatoms. The predicted molar refractivity (Wildman–Crippen MR) is 93.3 cm³/mol. The van der Waals surface area contributed by atoms with Crippen LogP contribution in [0.1, 0.15) is 25.3 Å². The number of alkyl halides is 3. The number of halogens is 3. The topological polar surface area (TPSA) is 116 Å². The number of rotatable bonds is 7. The summed E-state index contributed by atoms with van der Waals surface area (Å²) in [5.41, 5.74) is -0.786. The van der Waals surface area contributed by atoms with Crippen molar-refractivity contribution in [3.63, 3.8) is 0 Å². The second-order valence-corrected chi connectivity index (χ2v) is 6.92. The molecule has 0 spiro atoms. The number of carbonyl (C=O) groups is 3. The fourth-order valence-corrected chi connectivity index (χ4v) is 3.32. The van der Waals surface area contributed by atoms with Crippen molar-refractivity contribution in [2.75, 3.05) is 18.5 Å². The number of hydrogen-bond donors (Lipinski definition) is 1. The average Bonchev–Trinajstić information content (AvgIpc) is 2.86. The minimum absolute atomic E-state index is 0.0879. The number of hydrogen-bond acceptors (Lipinski definition) is 6. The molecule has 0 unspecified atom stereocenters. The molecule has 0 aromatic heterocycles. The lowest BCUT2D eigenvalue weighted by atomic mass is 9.88. The molecule has 8 nitrogen and oxygen atoms in total. The van der Waals surface area contributed by atoms with E-state index in [-0.39, 0.29) is 30.2 Å². The molecule has 0 aliphatic heterocycles. The molecule has 0 saturated heterocycles. The Hall–Kier alpha value is -2.98. The molecule has 0 bridgehead atoms. The van der Waals surface area contributed by atoms with Gasteiger partial charge in [-0.2, -0.15) is 13.2 Å². The Bertz CT molecular complexity index is 794. The molecule has 1 aromatic rings. The van der Waals surface area contributed by atoms with Crippen molar-refractivity contribution in [2.24, 2.45) is 17.8 Å². The molecule has 3 atom stereocenters. The Balaban J connectivity index is 1.84. The molecule has 1 aliphatic rings. The molecule has 1 amide bonds. The van der Waals surface area contributed by atoms with Gasteiger partial charge in [0.15, 0.2) is 6.61 Å². The Labute approximate surface area is 163 Å². The number of Topliss-reactive ketones (excluding diaryl/α,β-unsaturated/α-hetero) is 1. The van der Waals surface area contributed by atoms with Gasteiger partial charge >= 0.3 is 12.1 Å². The Morgan fingerprint density at radius 2 is 1.90 bits per heavy atom. The SMILES string of the molecule is C[C@@H]1CC(=O)[C@@H](CC(=O)OCC(=O)Nc2ccc(C(F)(F)F)cc2)[C@@H]1C[N+](=O)[O-]. The summed E-state index contributed by atoms with van der Waals surface area (Å²) in [7, 11) is 0. The van der Waals surface area contributed by atoms with Gasteiger partial charge in [-0.05, 0) is 30.2 Å². The maximum Gasteiger partial charge on any atom is 0.416 e. The molecule has 1 saturated carbocycles. The number of ether oxygens (including phenoxy) is 1. The van der Waals surface area contributed by atoms with Crippen LogP contribution >= 0.6 is 0 Å². The molecule has 1 fully saturated rings. The van der Waals surface area contributed by atoms with Crippen molar-refractivity contribution in [3.8, 4) is 0 Å². The van der Waals surface area contributed by atoms with Crippen LogP contribution in [0.25, 0.3) is 0 Å². The molecule has 158 valence electrons. The van der Waals surface area contributed by atoms with Gasteiger partial charge in [-0.1, -0.05) is 6.92 Å². The van der Waals surface area contributed by atoms with Crippen molar-refractivity contribution in [1.29, 1.82) is 0 Å². The van der Waals surface area contributed by atoms with Gasteiger partial charge in [0, 0.05) is 28.9 Å². The number of ketones is 1. The third-order valence-corrected chi connectivity index (χ3v) is 4.79. The minimum Gasteiger partial charge on any atom is -0.456 e. The van der Waals surface area contributed by atoms with Crippen LogP contribution in [0.5, 0.6) is 0 Å².